The van der Waals surface area contributed by atoms with E-state index in [9.17, 15) is 14.4 Å². The van der Waals surface area contributed by atoms with Crippen molar-refractivity contribution in [3.63, 3.8) is 0 Å². The van der Waals surface area contributed by atoms with Crippen LogP contribution in [0.1, 0.15) is 4.88 Å². The largest absolute Gasteiger partial charge is 0.336 e. The Hall–Kier alpha value is -2.32. The summed E-state index contributed by atoms with van der Waals surface area (Å²) in [7, 11) is 0. The molecule has 0 atom stereocenters. The zero-order chi connectivity index (χ0) is 15.7. The fourth-order valence-corrected chi connectivity index (χ4v) is 3.30. The molecule has 1 aliphatic heterocycles. The Morgan fingerprint density at radius 3 is 2.77 bits per heavy atom. The quantitative estimate of drug-likeness (QED) is 0.644. The highest BCUT2D eigenvalue weighted by atomic mass is 79.9. The summed E-state index contributed by atoms with van der Waals surface area (Å²) in [5.41, 5.74) is 0.202. The number of nitrogens with zero attached hydrogens (tertiary/aromatic N) is 2. The van der Waals surface area contributed by atoms with Gasteiger partial charge in [0.15, 0.2) is 0 Å². The Morgan fingerprint density at radius 2 is 2.14 bits per heavy atom. The van der Waals surface area contributed by atoms with Crippen LogP contribution in [0.15, 0.2) is 46.0 Å². The summed E-state index contributed by atoms with van der Waals surface area (Å²) in [6, 6.07) is 4.17. The van der Waals surface area contributed by atoms with Gasteiger partial charge in [0.05, 0.1) is 11.9 Å². The molecule has 1 aliphatic rings. The van der Waals surface area contributed by atoms with Crippen LogP contribution in [0.5, 0.6) is 0 Å². The second-order valence-corrected chi connectivity index (χ2v) is 6.19. The topological polar surface area (TPSA) is 79.4 Å². The minimum Gasteiger partial charge on any atom is -0.273 e. The second kappa shape index (κ2) is 5.82. The predicted octanol–water partition coefficient (Wildman–Crippen LogP) is 2.57. The maximum atomic E-state index is 12.5. The van der Waals surface area contributed by atoms with E-state index >= 15 is 0 Å². The van der Waals surface area contributed by atoms with Gasteiger partial charge in [0, 0.05) is 20.9 Å². The number of halogens is 1. The summed E-state index contributed by atoms with van der Waals surface area (Å²) in [5.74, 6) is -1.38. The molecule has 1 fully saturated rings. The number of aromatic nitrogens is 1. The number of amides is 4. The molecule has 0 saturated carbocycles. The van der Waals surface area contributed by atoms with E-state index in [1.165, 1.54) is 29.8 Å². The van der Waals surface area contributed by atoms with Gasteiger partial charge in [-0.15, -0.1) is 11.3 Å². The Balaban J connectivity index is 2.01. The molecule has 8 heteroatoms. The first-order valence-electron chi connectivity index (χ1n) is 6.12. The van der Waals surface area contributed by atoms with Gasteiger partial charge < -0.3 is 0 Å². The van der Waals surface area contributed by atoms with Gasteiger partial charge in [0.2, 0.25) is 0 Å². The van der Waals surface area contributed by atoms with Crippen LogP contribution < -0.4 is 10.2 Å². The van der Waals surface area contributed by atoms with Crippen molar-refractivity contribution in [2.75, 3.05) is 4.90 Å². The molecule has 22 heavy (non-hydrogen) atoms. The third kappa shape index (κ3) is 2.70. The number of pyridine rings is 1. The maximum absolute atomic E-state index is 12.5. The lowest BCUT2D eigenvalue weighted by Gasteiger charge is -2.25. The zero-order valence-corrected chi connectivity index (χ0v) is 13.3. The van der Waals surface area contributed by atoms with Gasteiger partial charge in [0.1, 0.15) is 5.57 Å². The number of urea groups is 1. The lowest BCUT2D eigenvalue weighted by molar-refractivity contribution is -0.122. The average Bonchev–Trinajstić information content (AvgIpc) is 2.90. The minimum atomic E-state index is -0.785. The van der Waals surface area contributed by atoms with Crippen molar-refractivity contribution in [1.82, 2.24) is 10.3 Å². The molecule has 3 heterocycles. The second-order valence-electron chi connectivity index (χ2n) is 4.34. The van der Waals surface area contributed by atoms with Crippen molar-refractivity contribution >= 4 is 56.9 Å². The van der Waals surface area contributed by atoms with Crippen LogP contribution in [0.25, 0.3) is 6.08 Å². The molecule has 3 rings (SSSR count). The first kappa shape index (κ1) is 14.6. The Kier molecular flexibility index (Phi) is 3.86. The molecule has 2 aromatic rings. The van der Waals surface area contributed by atoms with Gasteiger partial charge in [-0.05, 0) is 40.2 Å². The molecule has 0 spiro atoms. The Bertz CT molecular complexity index is 801. The lowest BCUT2D eigenvalue weighted by Crippen LogP contribution is -2.54. The van der Waals surface area contributed by atoms with Crippen LogP contribution in [-0.2, 0) is 9.59 Å². The summed E-state index contributed by atoms with van der Waals surface area (Å²) >= 11 is 4.68. The van der Waals surface area contributed by atoms with Crippen LogP contribution in [-0.4, -0.2) is 22.8 Å². The zero-order valence-electron chi connectivity index (χ0n) is 10.9. The van der Waals surface area contributed by atoms with Crippen LogP contribution in [0.4, 0.5) is 10.5 Å². The van der Waals surface area contributed by atoms with Crippen LogP contribution in [0.3, 0.4) is 0 Å². The molecular weight excluding hydrogens is 370 g/mol. The maximum Gasteiger partial charge on any atom is 0.336 e. The smallest absolute Gasteiger partial charge is 0.273 e. The first-order chi connectivity index (χ1) is 10.6. The van der Waals surface area contributed by atoms with E-state index in [0.29, 0.717) is 5.69 Å². The Labute approximate surface area is 137 Å². The molecule has 6 nitrogen and oxygen atoms in total. The van der Waals surface area contributed by atoms with Crippen LogP contribution >= 0.6 is 27.3 Å². The van der Waals surface area contributed by atoms with Crippen LogP contribution in [0.2, 0.25) is 0 Å². The third-order valence-electron chi connectivity index (χ3n) is 2.88. The summed E-state index contributed by atoms with van der Waals surface area (Å²) in [6.07, 6.45) is 4.37. The molecule has 4 amide bonds. The summed E-state index contributed by atoms with van der Waals surface area (Å²) < 4.78 is 0.855. The number of thiophene rings is 1. The van der Waals surface area contributed by atoms with Gasteiger partial charge in [0.25, 0.3) is 11.8 Å². The molecular formula is C14H8BrN3O3S. The average molecular weight is 378 g/mol. The fourth-order valence-electron chi connectivity index (χ4n) is 1.92. The first-order valence-corrected chi connectivity index (χ1v) is 7.79. The van der Waals surface area contributed by atoms with Crippen molar-refractivity contribution in [1.29, 1.82) is 0 Å². The van der Waals surface area contributed by atoms with Gasteiger partial charge in [-0.3, -0.25) is 19.9 Å². The molecule has 0 radical (unpaired) electrons. The Morgan fingerprint density at radius 1 is 1.32 bits per heavy atom. The minimum absolute atomic E-state index is 0.0993. The van der Waals surface area contributed by atoms with E-state index in [4.69, 9.17) is 0 Å². The number of imide groups is 2. The highest BCUT2D eigenvalue weighted by Gasteiger charge is 2.36. The van der Waals surface area contributed by atoms with Crippen molar-refractivity contribution in [2.45, 2.75) is 0 Å². The number of rotatable bonds is 2. The van der Waals surface area contributed by atoms with Gasteiger partial charge in [-0.2, -0.15) is 0 Å². The van der Waals surface area contributed by atoms with E-state index in [2.05, 4.69) is 26.2 Å². The van der Waals surface area contributed by atoms with Gasteiger partial charge >= 0.3 is 6.03 Å². The monoisotopic (exact) mass is 377 g/mol. The van der Waals surface area contributed by atoms with Gasteiger partial charge in [-0.25, -0.2) is 9.69 Å². The summed E-state index contributed by atoms with van der Waals surface area (Å²) in [4.78, 5) is 41.9. The van der Waals surface area contributed by atoms with E-state index in [-0.39, 0.29) is 5.57 Å². The van der Waals surface area contributed by atoms with Crippen molar-refractivity contribution < 1.29 is 14.4 Å². The highest BCUT2D eigenvalue weighted by Crippen LogP contribution is 2.25. The van der Waals surface area contributed by atoms with Gasteiger partial charge in [-0.1, -0.05) is 0 Å². The van der Waals surface area contributed by atoms with E-state index in [1.54, 1.807) is 18.2 Å². The summed E-state index contributed by atoms with van der Waals surface area (Å²) in [5, 5.41) is 3.99. The predicted molar refractivity (Wildman–Crippen MR) is 85.3 cm³/mol. The lowest BCUT2D eigenvalue weighted by atomic mass is 10.1. The van der Waals surface area contributed by atoms with Crippen molar-refractivity contribution in [3.05, 3.63) is 50.9 Å². The van der Waals surface area contributed by atoms with E-state index in [1.807, 2.05) is 5.38 Å². The summed E-state index contributed by atoms with van der Waals surface area (Å²) in [6.45, 7) is 0. The molecule has 0 unspecified atom stereocenters. The third-order valence-corrected chi connectivity index (χ3v) is 4.52. The fraction of sp³-hybridized carbons (Fsp3) is 0. The molecule has 0 bridgehead atoms. The number of barbiturate groups is 1. The molecule has 0 aromatic carbocycles. The highest BCUT2D eigenvalue weighted by molar-refractivity contribution is 9.10. The number of anilines is 1. The number of hydrogen-bond donors (Lipinski definition) is 1. The standard InChI is InChI=1S/C14H8BrN3O3S/c15-8-4-10(22-7-8)5-11-12(19)17-14(21)18(13(11)20)9-2-1-3-16-6-9/h1-7H,(H,17,19,21)/b11-5-. The van der Waals surface area contributed by atoms with Crippen molar-refractivity contribution in [2.24, 2.45) is 0 Å². The van der Waals surface area contributed by atoms with Crippen LogP contribution in [0, 0.1) is 0 Å². The van der Waals surface area contributed by atoms with Crippen molar-refractivity contribution in [3.8, 4) is 0 Å². The van der Waals surface area contributed by atoms with E-state index in [0.717, 1.165) is 14.2 Å². The normalized spacial score (nSPS) is 17.0. The number of nitrogens with one attached hydrogen (secondary N) is 1. The molecule has 2 aromatic heterocycles. The SMILES string of the molecule is O=C1NC(=O)N(c2cccnc2)C(=O)/C1=C\c1cc(Br)cs1. The molecule has 110 valence electrons. The molecule has 1 saturated heterocycles. The molecule has 1 N–H and O–H groups in total. The number of carbonyl (C=O) groups excluding carboxylic acids is 3. The van der Waals surface area contributed by atoms with E-state index < -0.39 is 17.8 Å². The number of carbonyl (C=O) groups is 3. The molecule has 0 aliphatic carbocycles. The number of hydrogen-bond acceptors (Lipinski definition) is 5.